The molecule has 1 aromatic rings. The highest BCUT2D eigenvalue weighted by Gasteiger charge is 2.14. The Labute approximate surface area is 125 Å². The zero-order valence-electron chi connectivity index (χ0n) is 13.1. The van der Waals surface area contributed by atoms with Crippen molar-refractivity contribution >= 4 is 17.8 Å². The van der Waals surface area contributed by atoms with Crippen LogP contribution in [0.2, 0.25) is 0 Å². The number of urea groups is 1. The van der Waals surface area contributed by atoms with Gasteiger partial charge in [0.25, 0.3) is 0 Å². The molecule has 1 atom stereocenters. The molecule has 1 aromatic heterocycles. The summed E-state index contributed by atoms with van der Waals surface area (Å²) in [6, 6.07) is 0.0645. The predicted octanol–water partition coefficient (Wildman–Crippen LogP) is 2.10. The third-order valence-electron chi connectivity index (χ3n) is 3.25. The Morgan fingerprint density at radius 1 is 1.40 bits per heavy atom. The van der Waals surface area contributed by atoms with Gasteiger partial charge in [-0.15, -0.1) is 0 Å². The zero-order chi connectivity index (χ0) is 15.1. The average molecular weight is 298 g/mol. The average Bonchev–Trinajstić information content (AvgIpc) is 2.71. The van der Waals surface area contributed by atoms with Gasteiger partial charge in [-0.25, -0.2) is 4.79 Å². The number of aromatic nitrogens is 2. The van der Waals surface area contributed by atoms with Crippen molar-refractivity contribution in [2.75, 3.05) is 12.0 Å². The summed E-state index contributed by atoms with van der Waals surface area (Å²) in [5.41, 5.74) is 3.42. The van der Waals surface area contributed by atoms with Gasteiger partial charge < -0.3 is 10.6 Å². The van der Waals surface area contributed by atoms with E-state index >= 15 is 0 Å². The lowest BCUT2D eigenvalue weighted by Gasteiger charge is -2.14. The van der Waals surface area contributed by atoms with Crippen LogP contribution in [0, 0.1) is 0 Å². The summed E-state index contributed by atoms with van der Waals surface area (Å²) in [6.45, 7) is 6.75. The molecule has 2 amide bonds. The van der Waals surface area contributed by atoms with Crippen LogP contribution in [0.25, 0.3) is 0 Å². The van der Waals surface area contributed by atoms with Crippen molar-refractivity contribution in [1.29, 1.82) is 0 Å². The van der Waals surface area contributed by atoms with Crippen LogP contribution in [0.15, 0.2) is 0 Å². The van der Waals surface area contributed by atoms with Crippen LogP contribution >= 0.6 is 11.8 Å². The van der Waals surface area contributed by atoms with Crippen LogP contribution in [0.3, 0.4) is 0 Å². The van der Waals surface area contributed by atoms with Crippen LogP contribution in [0.1, 0.15) is 37.7 Å². The van der Waals surface area contributed by atoms with E-state index in [1.165, 1.54) is 5.69 Å². The molecule has 114 valence electrons. The van der Waals surface area contributed by atoms with E-state index in [9.17, 15) is 4.79 Å². The Hall–Kier alpha value is -1.17. The minimum atomic E-state index is -0.112. The number of nitrogens with zero attached hydrogens (tertiary/aromatic N) is 2. The van der Waals surface area contributed by atoms with Crippen LogP contribution in [-0.4, -0.2) is 33.9 Å². The lowest BCUT2D eigenvalue weighted by molar-refractivity contribution is 0.238. The molecule has 0 radical (unpaired) electrons. The molecule has 0 aliphatic carbocycles. The first-order chi connectivity index (χ1) is 9.53. The Kier molecular flexibility index (Phi) is 6.91. The Morgan fingerprint density at radius 3 is 2.65 bits per heavy atom. The molecule has 0 spiro atoms. The summed E-state index contributed by atoms with van der Waals surface area (Å²) in [5.74, 6) is 0.917. The van der Waals surface area contributed by atoms with Gasteiger partial charge in [-0.2, -0.15) is 16.9 Å². The van der Waals surface area contributed by atoms with Crippen molar-refractivity contribution in [3.8, 4) is 0 Å². The molecule has 2 N–H and O–H groups in total. The number of thioether (sulfide) groups is 1. The number of hydrogen-bond acceptors (Lipinski definition) is 3. The van der Waals surface area contributed by atoms with Gasteiger partial charge in [-0.1, -0.05) is 13.8 Å². The second-order valence-corrected chi connectivity index (χ2v) is 5.80. The van der Waals surface area contributed by atoms with E-state index < -0.39 is 0 Å². The number of rotatable bonds is 7. The normalized spacial score (nSPS) is 12.2. The smallest absolute Gasteiger partial charge is 0.315 e. The molecule has 0 saturated heterocycles. The third kappa shape index (κ3) is 4.44. The fourth-order valence-electron chi connectivity index (χ4n) is 2.33. The van der Waals surface area contributed by atoms with Crippen molar-refractivity contribution in [2.45, 2.75) is 46.2 Å². The summed E-state index contributed by atoms with van der Waals surface area (Å²) in [5, 5.41) is 10.4. The fraction of sp³-hybridized carbons (Fsp3) is 0.714. The molecule has 0 aliphatic heterocycles. The van der Waals surface area contributed by atoms with Gasteiger partial charge in [-0.3, -0.25) is 4.68 Å². The number of hydrogen-bond donors (Lipinski definition) is 2. The van der Waals surface area contributed by atoms with Crippen LogP contribution in [0.4, 0.5) is 4.79 Å². The summed E-state index contributed by atoms with van der Waals surface area (Å²) >= 11 is 1.73. The first kappa shape index (κ1) is 16.9. The van der Waals surface area contributed by atoms with Crippen LogP contribution in [0.5, 0.6) is 0 Å². The molecule has 0 unspecified atom stereocenters. The molecule has 0 aliphatic rings. The van der Waals surface area contributed by atoms with E-state index in [0.29, 0.717) is 6.54 Å². The number of carbonyl (C=O) groups is 1. The molecular weight excluding hydrogens is 272 g/mol. The maximum Gasteiger partial charge on any atom is 0.315 e. The number of carbonyl (C=O) groups excluding carboxylic acids is 1. The van der Waals surface area contributed by atoms with Gasteiger partial charge in [0.05, 0.1) is 5.69 Å². The second-order valence-electron chi connectivity index (χ2n) is 4.89. The molecule has 6 heteroatoms. The predicted molar refractivity (Wildman–Crippen MR) is 85.2 cm³/mol. The highest BCUT2D eigenvalue weighted by Crippen LogP contribution is 2.15. The summed E-state index contributed by atoms with van der Waals surface area (Å²) < 4.78 is 1.92. The van der Waals surface area contributed by atoms with E-state index in [-0.39, 0.29) is 12.1 Å². The van der Waals surface area contributed by atoms with Gasteiger partial charge in [0, 0.05) is 36.6 Å². The lowest BCUT2D eigenvalue weighted by Crippen LogP contribution is -2.41. The summed E-state index contributed by atoms with van der Waals surface area (Å²) in [4.78, 5) is 11.8. The van der Waals surface area contributed by atoms with E-state index in [2.05, 4.69) is 29.6 Å². The SMILES string of the molecule is CCc1nn(C)c(CC)c1CNC(=O)N[C@H](C)CSC. The number of amides is 2. The first-order valence-electron chi connectivity index (χ1n) is 7.10. The van der Waals surface area contributed by atoms with E-state index in [1.54, 1.807) is 11.8 Å². The molecule has 1 heterocycles. The minimum absolute atomic E-state index is 0.112. The van der Waals surface area contributed by atoms with Gasteiger partial charge >= 0.3 is 6.03 Å². The maximum atomic E-state index is 11.8. The fourth-order valence-corrected chi connectivity index (χ4v) is 2.91. The number of nitrogens with one attached hydrogen (secondary N) is 2. The zero-order valence-corrected chi connectivity index (χ0v) is 13.9. The van der Waals surface area contributed by atoms with E-state index in [1.807, 2.05) is 24.9 Å². The number of aryl methyl sites for hydroxylation is 2. The molecule has 0 fully saturated rings. The standard InChI is InChI=1S/C14H26N4OS/c1-6-12-11(13(7-2)18(4)17-12)8-15-14(19)16-10(3)9-20-5/h10H,6-9H2,1-5H3,(H2,15,16,19)/t10-/m1/s1. The quantitative estimate of drug-likeness (QED) is 0.810. The largest absolute Gasteiger partial charge is 0.335 e. The molecule has 5 nitrogen and oxygen atoms in total. The van der Waals surface area contributed by atoms with Gasteiger partial charge in [-0.05, 0) is 26.0 Å². The minimum Gasteiger partial charge on any atom is -0.335 e. The lowest BCUT2D eigenvalue weighted by atomic mass is 10.1. The van der Waals surface area contributed by atoms with E-state index in [0.717, 1.165) is 29.9 Å². The third-order valence-corrected chi connectivity index (χ3v) is 4.08. The summed E-state index contributed by atoms with van der Waals surface area (Å²) in [7, 11) is 1.96. The first-order valence-corrected chi connectivity index (χ1v) is 8.49. The molecule has 1 rings (SSSR count). The van der Waals surface area contributed by atoms with Gasteiger partial charge in [0.15, 0.2) is 0 Å². The molecule has 0 bridgehead atoms. The van der Waals surface area contributed by atoms with Crippen LogP contribution in [-0.2, 0) is 26.4 Å². The van der Waals surface area contributed by atoms with Crippen molar-refractivity contribution in [3.05, 3.63) is 17.0 Å². The van der Waals surface area contributed by atoms with E-state index in [4.69, 9.17) is 0 Å². The highest BCUT2D eigenvalue weighted by molar-refractivity contribution is 7.98. The van der Waals surface area contributed by atoms with Gasteiger partial charge in [0.2, 0.25) is 0 Å². The molecule has 0 saturated carbocycles. The Balaban J connectivity index is 2.63. The monoisotopic (exact) mass is 298 g/mol. The highest BCUT2D eigenvalue weighted by atomic mass is 32.2. The summed E-state index contributed by atoms with van der Waals surface area (Å²) in [6.07, 6.45) is 3.84. The molecule has 0 aromatic carbocycles. The maximum absolute atomic E-state index is 11.8. The second kappa shape index (κ2) is 8.19. The van der Waals surface area contributed by atoms with Crippen LogP contribution < -0.4 is 10.6 Å². The van der Waals surface area contributed by atoms with Crippen molar-refractivity contribution in [2.24, 2.45) is 7.05 Å². The molecule has 20 heavy (non-hydrogen) atoms. The van der Waals surface area contributed by atoms with Crippen molar-refractivity contribution in [1.82, 2.24) is 20.4 Å². The van der Waals surface area contributed by atoms with Crippen molar-refractivity contribution < 1.29 is 4.79 Å². The van der Waals surface area contributed by atoms with Gasteiger partial charge in [0.1, 0.15) is 0 Å². The Morgan fingerprint density at radius 2 is 2.10 bits per heavy atom. The molecular formula is C14H26N4OS. The topological polar surface area (TPSA) is 59.0 Å². The Bertz CT molecular complexity index is 445. The van der Waals surface area contributed by atoms with Crippen molar-refractivity contribution in [3.63, 3.8) is 0 Å².